The lowest BCUT2D eigenvalue weighted by Crippen LogP contribution is -2.35. The van der Waals surface area contributed by atoms with Gasteiger partial charge < -0.3 is 5.32 Å². The number of aryl methyl sites for hydroxylation is 1. The highest BCUT2D eigenvalue weighted by atomic mass is 35.5. The van der Waals surface area contributed by atoms with Gasteiger partial charge in [0.1, 0.15) is 0 Å². The van der Waals surface area contributed by atoms with E-state index in [0.717, 1.165) is 23.3 Å². The molecule has 1 aliphatic heterocycles. The zero-order valence-corrected chi connectivity index (χ0v) is 16.7. The summed E-state index contributed by atoms with van der Waals surface area (Å²) >= 11 is 6.10. The van der Waals surface area contributed by atoms with Gasteiger partial charge in [-0.3, -0.25) is 9.59 Å². The first kappa shape index (κ1) is 20.1. The molecule has 6 heteroatoms. The van der Waals surface area contributed by atoms with E-state index in [1.165, 1.54) is 10.6 Å². The average Bonchev–Trinajstić information content (AvgIpc) is 2.72. The number of nitrogens with zero attached hydrogens (tertiary/aromatic N) is 2. The summed E-state index contributed by atoms with van der Waals surface area (Å²) in [5, 5.41) is 9.37. The lowest BCUT2D eigenvalue weighted by Gasteiger charge is -2.23. The Kier molecular flexibility index (Phi) is 6.82. The largest absolute Gasteiger partial charge is 0.352 e. The maximum absolute atomic E-state index is 12.2. The maximum atomic E-state index is 12.2. The van der Waals surface area contributed by atoms with Gasteiger partial charge in [0.2, 0.25) is 11.8 Å². The molecule has 146 valence electrons. The monoisotopic (exact) mass is 397 g/mol. The van der Waals surface area contributed by atoms with Crippen molar-refractivity contribution in [2.24, 2.45) is 5.10 Å². The second kappa shape index (κ2) is 9.51. The van der Waals surface area contributed by atoms with Crippen molar-refractivity contribution >= 4 is 29.1 Å². The van der Waals surface area contributed by atoms with Crippen molar-refractivity contribution in [3.8, 4) is 0 Å². The summed E-state index contributed by atoms with van der Waals surface area (Å²) in [6, 6.07) is 15.6. The summed E-state index contributed by atoms with van der Waals surface area (Å²) in [4.78, 5) is 24.3. The van der Waals surface area contributed by atoms with Crippen LogP contribution in [0.1, 0.15) is 42.9 Å². The predicted molar refractivity (Wildman–Crippen MR) is 111 cm³/mol. The van der Waals surface area contributed by atoms with Crippen molar-refractivity contribution in [2.75, 3.05) is 6.54 Å². The summed E-state index contributed by atoms with van der Waals surface area (Å²) in [6.07, 6.45) is 2.22. The molecule has 28 heavy (non-hydrogen) atoms. The Hall–Kier alpha value is -2.66. The van der Waals surface area contributed by atoms with Crippen molar-refractivity contribution in [1.29, 1.82) is 0 Å². The number of halogens is 1. The van der Waals surface area contributed by atoms with Crippen LogP contribution in [0.4, 0.5) is 0 Å². The van der Waals surface area contributed by atoms with Crippen LogP contribution in [0, 0.1) is 0 Å². The number of hydrogen-bond donors (Lipinski definition) is 1. The van der Waals surface area contributed by atoms with Crippen LogP contribution in [-0.4, -0.2) is 29.1 Å². The molecular formula is C22H24ClN3O2. The summed E-state index contributed by atoms with van der Waals surface area (Å²) in [5.41, 5.74) is 4.04. The molecule has 1 N–H and O–H groups in total. The molecule has 2 amide bonds. The van der Waals surface area contributed by atoms with Gasteiger partial charge in [0.15, 0.2) is 0 Å². The van der Waals surface area contributed by atoms with E-state index in [9.17, 15) is 9.59 Å². The molecule has 0 bridgehead atoms. The van der Waals surface area contributed by atoms with E-state index in [1.807, 2.05) is 30.3 Å². The van der Waals surface area contributed by atoms with Crippen LogP contribution in [0.5, 0.6) is 0 Å². The third kappa shape index (κ3) is 5.20. The summed E-state index contributed by atoms with van der Waals surface area (Å²) in [5.74, 6) is -0.185. The summed E-state index contributed by atoms with van der Waals surface area (Å²) in [6.45, 7) is 2.75. The molecule has 0 spiro atoms. The molecule has 0 saturated carbocycles. The summed E-state index contributed by atoms with van der Waals surface area (Å²) < 4.78 is 0. The SMILES string of the molecule is CCc1ccc(C2=NN(CCC(=O)NCc3ccccc3Cl)C(=O)CC2)cc1. The summed E-state index contributed by atoms with van der Waals surface area (Å²) in [7, 11) is 0. The molecule has 0 aliphatic carbocycles. The second-order valence-corrected chi connectivity index (χ2v) is 7.14. The molecule has 2 aromatic carbocycles. The molecule has 0 unspecified atom stereocenters. The smallest absolute Gasteiger partial charge is 0.243 e. The molecule has 0 fully saturated rings. The highest BCUT2D eigenvalue weighted by Crippen LogP contribution is 2.17. The number of benzene rings is 2. The van der Waals surface area contributed by atoms with E-state index in [1.54, 1.807) is 6.07 Å². The highest BCUT2D eigenvalue weighted by molar-refractivity contribution is 6.31. The van der Waals surface area contributed by atoms with Gasteiger partial charge in [0, 0.05) is 30.8 Å². The van der Waals surface area contributed by atoms with E-state index in [-0.39, 0.29) is 24.8 Å². The number of hydrogen-bond acceptors (Lipinski definition) is 3. The average molecular weight is 398 g/mol. The van der Waals surface area contributed by atoms with Crippen molar-refractivity contribution in [3.63, 3.8) is 0 Å². The van der Waals surface area contributed by atoms with Gasteiger partial charge in [-0.15, -0.1) is 0 Å². The van der Waals surface area contributed by atoms with E-state index in [4.69, 9.17) is 11.6 Å². The molecule has 1 heterocycles. The number of rotatable bonds is 7. The van der Waals surface area contributed by atoms with Gasteiger partial charge in [-0.25, -0.2) is 5.01 Å². The standard InChI is InChI=1S/C22H24ClN3O2/c1-2-16-7-9-17(10-8-16)20-11-12-22(28)26(25-20)14-13-21(27)24-15-18-5-3-4-6-19(18)23/h3-10H,2,11-15H2,1H3,(H,24,27). The highest BCUT2D eigenvalue weighted by Gasteiger charge is 2.21. The van der Waals surface area contributed by atoms with Gasteiger partial charge in [-0.05, 0) is 29.2 Å². The van der Waals surface area contributed by atoms with Crippen LogP contribution in [0.25, 0.3) is 0 Å². The van der Waals surface area contributed by atoms with Crippen LogP contribution < -0.4 is 5.32 Å². The van der Waals surface area contributed by atoms with Crippen molar-refractivity contribution < 1.29 is 9.59 Å². The van der Waals surface area contributed by atoms with Crippen LogP contribution in [-0.2, 0) is 22.6 Å². The zero-order chi connectivity index (χ0) is 19.9. The Morgan fingerprint density at radius 2 is 1.89 bits per heavy atom. The molecule has 0 saturated heterocycles. The Morgan fingerprint density at radius 1 is 1.14 bits per heavy atom. The number of nitrogens with one attached hydrogen (secondary N) is 1. The number of hydrazone groups is 1. The fourth-order valence-electron chi connectivity index (χ4n) is 3.05. The topological polar surface area (TPSA) is 61.8 Å². The second-order valence-electron chi connectivity index (χ2n) is 6.73. The number of amides is 2. The Bertz CT molecular complexity index is 878. The van der Waals surface area contributed by atoms with Gasteiger partial charge >= 0.3 is 0 Å². The van der Waals surface area contributed by atoms with Crippen molar-refractivity contribution in [3.05, 3.63) is 70.2 Å². The quantitative estimate of drug-likeness (QED) is 0.769. The molecule has 5 nitrogen and oxygen atoms in total. The Labute approximate surface area is 170 Å². The number of carbonyl (C=O) groups is 2. The van der Waals surface area contributed by atoms with E-state index < -0.39 is 0 Å². The van der Waals surface area contributed by atoms with Crippen molar-refractivity contribution in [2.45, 2.75) is 39.2 Å². The van der Waals surface area contributed by atoms with Crippen LogP contribution in [0.3, 0.4) is 0 Å². The first-order valence-corrected chi connectivity index (χ1v) is 9.92. The molecular weight excluding hydrogens is 374 g/mol. The van der Waals surface area contributed by atoms with Gasteiger partial charge in [-0.2, -0.15) is 5.10 Å². The maximum Gasteiger partial charge on any atom is 0.243 e. The van der Waals surface area contributed by atoms with Crippen LogP contribution >= 0.6 is 11.6 Å². The minimum atomic E-state index is -0.137. The van der Waals surface area contributed by atoms with E-state index in [0.29, 0.717) is 24.4 Å². The molecule has 1 aliphatic rings. The van der Waals surface area contributed by atoms with Crippen LogP contribution in [0.15, 0.2) is 53.6 Å². The van der Waals surface area contributed by atoms with Crippen LogP contribution in [0.2, 0.25) is 5.02 Å². The normalized spacial score (nSPS) is 14.0. The first-order valence-electron chi connectivity index (χ1n) is 9.54. The molecule has 3 rings (SSSR count). The van der Waals surface area contributed by atoms with E-state index in [2.05, 4.69) is 29.5 Å². The first-order chi connectivity index (χ1) is 13.6. The molecule has 0 atom stereocenters. The third-order valence-corrected chi connectivity index (χ3v) is 5.15. The number of carbonyl (C=O) groups excluding carboxylic acids is 2. The fourth-order valence-corrected chi connectivity index (χ4v) is 3.25. The van der Waals surface area contributed by atoms with E-state index >= 15 is 0 Å². The molecule has 0 radical (unpaired) electrons. The predicted octanol–water partition coefficient (Wildman–Crippen LogP) is 3.94. The Morgan fingerprint density at radius 3 is 2.61 bits per heavy atom. The minimum absolute atomic E-state index is 0.0483. The Balaban J connectivity index is 1.56. The molecule has 0 aromatic heterocycles. The lowest BCUT2D eigenvalue weighted by molar-refractivity contribution is -0.132. The minimum Gasteiger partial charge on any atom is -0.352 e. The lowest BCUT2D eigenvalue weighted by atomic mass is 10.0. The van der Waals surface area contributed by atoms with Crippen molar-refractivity contribution in [1.82, 2.24) is 10.3 Å². The van der Waals surface area contributed by atoms with Gasteiger partial charge in [0.05, 0.1) is 12.3 Å². The zero-order valence-electron chi connectivity index (χ0n) is 16.0. The molecule has 2 aromatic rings. The third-order valence-electron chi connectivity index (χ3n) is 4.78. The fraction of sp³-hybridized carbons (Fsp3) is 0.318. The van der Waals surface area contributed by atoms with Gasteiger partial charge in [-0.1, -0.05) is 61.0 Å². The van der Waals surface area contributed by atoms with Gasteiger partial charge in [0.25, 0.3) is 0 Å².